The molecule has 0 saturated carbocycles. The summed E-state index contributed by atoms with van der Waals surface area (Å²) in [6.07, 6.45) is 0. The van der Waals surface area contributed by atoms with Gasteiger partial charge < -0.3 is 4.84 Å². The fourth-order valence-electron chi connectivity index (χ4n) is 1.02. The van der Waals surface area contributed by atoms with E-state index in [4.69, 9.17) is 11.2 Å². The largest absolute Gasteiger partial charge is 0.390 e. The molecule has 1 rings (SSSR count). The summed E-state index contributed by atoms with van der Waals surface area (Å²) in [4.78, 5) is 8.42. The van der Waals surface area contributed by atoms with Crippen molar-refractivity contribution in [3.8, 4) is 11.9 Å². The van der Waals surface area contributed by atoms with Crippen molar-refractivity contribution in [3.63, 3.8) is 0 Å². The van der Waals surface area contributed by atoms with Crippen molar-refractivity contribution in [1.29, 1.82) is 5.26 Å². The molecule has 4 nitrogen and oxygen atoms in total. The predicted molar refractivity (Wildman–Crippen MR) is 43.2 cm³/mol. The third-order valence-electron chi connectivity index (χ3n) is 1.53. The maximum absolute atomic E-state index is 8.70. The third-order valence-corrected chi connectivity index (χ3v) is 1.53. The van der Waals surface area contributed by atoms with E-state index in [1.807, 2.05) is 19.9 Å². The monoisotopic (exact) mass is 163 g/mol. The van der Waals surface area contributed by atoms with Crippen molar-refractivity contribution in [2.24, 2.45) is 5.90 Å². The maximum Gasteiger partial charge on any atom is 0.255 e. The van der Waals surface area contributed by atoms with Gasteiger partial charge >= 0.3 is 0 Å². The van der Waals surface area contributed by atoms with E-state index in [0.29, 0.717) is 5.56 Å². The number of pyridine rings is 1. The lowest BCUT2D eigenvalue weighted by molar-refractivity contribution is 0.318. The summed E-state index contributed by atoms with van der Waals surface area (Å²) in [6, 6.07) is 3.78. The average Bonchev–Trinajstić information content (AvgIpc) is 2.03. The van der Waals surface area contributed by atoms with Gasteiger partial charge in [0, 0.05) is 5.69 Å². The molecule has 12 heavy (non-hydrogen) atoms. The fraction of sp³-hybridized carbons (Fsp3) is 0.250. The molecule has 0 radical (unpaired) electrons. The quantitative estimate of drug-likeness (QED) is 0.622. The highest BCUT2D eigenvalue weighted by Gasteiger charge is 2.08. The summed E-state index contributed by atoms with van der Waals surface area (Å²) in [5.74, 6) is 5.14. The molecule has 0 saturated heterocycles. The molecule has 0 aliphatic heterocycles. The number of aryl methyl sites for hydroxylation is 2. The molecule has 1 heterocycles. The van der Waals surface area contributed by atoms with Gasteiger partial charge in [0.2, 0.25) is 0 Å². The summed E-state index contributed by atoms with van der Waals surface area (Å²) >= 11 is 0. The Kier molecular flexibility index (Phi) is 2.26. The second kappa shape index (κ2) is 3.20. The van der Waals surface area contributed by atoms with Crippen molar-refractivity contribution in [3.05, 3.63) is 22.9 Å². The highest BCUT2D eigenvalue weighted by atomic mass is 16.6. The second-order valence-electron chi connectivity index (χ2n) is 2.49. The van der Waals surface area contributed by atoms with Gasteiger partial charge in [-0.05, 0) is 25.5 Å². The highest BCUT2D eigenvalue weighted by Crippen LogP contribution is 2.18. The molecular formula is C8H9N3O. The van der Waals surface area contributed by atoms with E-state index in [9.17, 15) is 0 Å². The van der Waals surface area contributed by atoms with E-state index >= 15 is 0 Å². The standard InChI is InChI=1S/C8H9N3O/c1-5-3-6(2)11-8(12-10)7(5)4-9/h3H,10H2,1-2H3. The first-order chi connectivity index (χ1) is 5.69. The summed E-state index contributed by atoms with van der Waals surface area (Å²) in [5.41, 5.74) is 2.00. The Balaban J connectivity index is 3.36. The lowest BCUT2D eigenvalue weighted by Gasteiger charge is -2.03. The molecule has 0 fully saturated rings. The van der Waals surface area contributed by atoms with Gasteiger partial charge in [0.15, 0.2) is 0 Å². The minimum absolute atomic E-state index is 0.190. The number of rotatable bonds is 1. The SMILES string of the molecule is Cc1cc(C)c(C#N)c(ON)n1. The molecule has 0 bridgehead atoms. The van der Waals surface area contributed by atoms with Crippen LogP contribution in [0.3, 0.4) is 0 Å². The van der Waals surface area contributed by atoms with Crippen LogP contribution in [-0.4, -0.2) is 4.98 Å². The smallest absolute Gasteiger partial charge is 0.255 e. The molecule has 0 aliphatic carbocycles. The van der Waals surface area contributed by atoms with E-state index in [-0.39, 0.29) is 5.88 Å². The number of hydrogen-bond acceptors (Lipinski definition) is 4. The Morgan fingerprint density at radius 2 is 2.25 bits per heavy atom. The Hall–Kier alpha value is -1.60. The van der Waals surface area contributed by atoms with Crippen LogP contribution in [0.15, 0.2) is 6.07 Å². The summed E-state index contributed by atoms with van der Waals surface area (Å²) < 4.78 is 0. The molecule has 62 valence electrons. The van der Waals surface area contributed by atoms with E-state index in [0.717, 1.165) is 11.3 Å². The van der Waals surface area contributed by atoms with E-state index in [2.05, 4.69) is 9.82 Å². The molecular weight excluding hydrogens is 154 g/mol. The fourth-order valence-corrected chi connectivity index (χ4v) is 1.02. The highest BCUT2D eigenvalue weighted by molar-refractivity contribution is 5.44. The first-order valence-corrected chi connectivity index (χ1v) is 3.44. The molecule has 1 aromatic heterocycles. The Morgan fingerprint density at radius 3 is 2.75 bits per heavy atom. The molecule has 4 heteroatoms. The van der Waals surface area contributed by atoms with Crippen molar-refractivity contribution in [2.75, 3.05) is 0 Å². The zero-order valence-electron chi connectivity index (χ0n) is 6.96. The topological polar surface area (TPSA) is 71.9 Å². The maximum atomic E-state index is 8.70. The van der Waals surface area contributed by atoms with E-state index in [1.54, 1.807) is 6.07 Å². The average molecular weight is 163 g/mol. The van der Waals surface area contributed by atoms with Crippen LogP contribution < -0.4 is 10.7 Å². The van der Waals surface area contributed by atoms with E-state index in [1.165, 1.54) is 0 Å². The summed E-state index contributed by atoms with van der Waals surface area (Å²) in [7, 11) is 0. The van der Waals surface area contributed by atoms with Crippen LogP contribution in [0.5, 0.6) is 5.88 Å². The summed E-state index contributed by atoms with van der Waals surface area (Å²) in [5, 5.41) is 8.70. The van der Waals surface area contributed by atoms with Gasteiger partial charge in [0.1, 0.15) is 11.6 Å². The molecule has 0 spiro atoms. The van der Waals surface area contributed by atoms with Crippen LogP contribution in [0, 0.1) is 25.2 Å². The third kappa shape index (κ3) is 1.36. The van der Waals surface area contributed by atoms with Gasteiger partial charge in [0.05, 0.1) is 0 Å². The second-order valence-corrected chi connectivity index (χ2v) is 2.49. The van der Waals surface area contributed by atoms with E-state index < -0.39 is 0 Å². The molecule has 0 unspecified atom stereocenters. The first kappa shape index (κ1) is 8.50. The van der Waals surface area contributed by atoms with Crippen LogP contribution in [-0.2, 0) is 0 Å². The minimum Gasteiger partial charge on any atom is -0.390 e. The molecule has 0 aliphatic rings. The van der Waals surface area contributed by atoms with Crippen LogP contribution in [0.1, 0.15) is 16.8 Å². The Bertz CT molecular complexity index is 341. The van der Waals surface area contributed by atoms with Gasteiger partial charge in [-0.15, -0.1) is 0 Å². The molecule has 0 amide bonds. The predicted octanol–water partition coefficient (Wildman–Crippen LogP) is 0.823. The molecule has 2 N–H and O–H groups in total. The van der Waals surface area contributed by atoms with Gasteiger partial charge in [-0.25, -0.2) is 4.98 Å². The first-order valence-electron chi connectivity index (χ1n) is 3.44. The van der Waals surface area contributed by atoms with Gasteiger partial charge in [-0.3, -0.25) is 0 Å². The Morgan fingerprint density at radius 1 is 1.58 bits per heavy atom. The zero-order chi connectivity index (χ0) is 9.14. The molecule has 0 atom stereocenters. The van der Waals surface area contributed by atoms with Gasteiger partial charge in [-0.2, -0.15) is 11.2 Å². The number of hydrogen-bond donors (Lipinski definition) is 1. The van der Waals surface area contributed by atoms with Crippen molar-refractivity contribution in [2.45, 2.75) is 13.8 Å². The van der Waals surface area contributed by atoms with Crippen molar-refractivity contribution >= 4 is 0 Å². The Labute approximate surface area is 70.5 Å². The lowest BCUT2D eigenvalue weighted by atomic mass is 10.1. The van der Waals surface area contributed by atoms with Gasteiger partial charge in [0.25, 0.3) is 5.88 Å². The normalized spacial score (nSPS) is 9.17. The number of nitrogens with two attached hydrogens (primary N) is 1. The molecule has 1 aromatic rings. The van der Waals surface area contributed by atoms with Crippen LogP contribution in [0.25, 0.3) is 0 Å². The lowest BCUT2D eigenvalue weighted by Crippen LogP contribution is -2.07. The number of nitrogens with zero attached hydrogens (tertiary/aromatic N) is 2. The number of aromatic nitrogens is 1. The van der Waals surface area contributed by atoms with Gasteiger partial charge in [-0.1, -0.05) is 0 Å². The number of nitriles is 1. The van der Waals surface area contributed by atoms with Crippen molar-refractivity contribution in [1.82, 2.24) is 4.98 Å². The summed E-state index contributed by atoms with van der Waals surface area (Å²) in [6.45, 7) is 3.63. The van der Waals surface area contributed by atoms with Crippen LogP contribution >= 0.6 is 0 Å². The minimum atomic E-state index is 0.190. The van der Waals surface area contributed by atoms with Crippen molar-refractivity contribution < 1.29 is 4.84 Å². The van der Waals surface area contributed by atoms with Crippen LogP contribution in [0.4, 0.5) is 0 Å². The zero-order valence-corrected chi connectivity index (χ0v) is 6.96. The van der Waals surface area contributed by atoms with Crippen LogP contribution in [0.2, 0.25) is 0 Å². The molecule has 0 aromatic carbocycles.